The van der Waals surface area contributed by atoms with Crippen molar-refractivity contribution in [2.24, 2.45) is 0 Å². The van der Waals surface area contributed by atoms with Gasteiger partial charge in [-0.25, -0.2) is 4.98 Å². The minimum Gasteiger partial charge on any atom is -0.367 e. The minimum atomic E-state index is -0.420. The molecule has 4 aromatic rings. The molecule has 2 aliphatic heterocycles. The van der Waals surface area contributed by atoms with Gasteiger partial charge in [-0.1, -0.05) is 41.9 Å². The monoisotopic (exact) mass is 592 g/mol. The van der Waals surface area contributed by atoms with Gasteiger partial charge in [0.2, 0.25) is 5.91 Å². The minimum absolute atomic E-state index is 0.0889. The summed E-state index contributed by atoms with van der Waals surface area (Å²) >= 11 is 9.97. The maximum absolute atomic E-state index is 13.0. The lowest BCUT2D eigenvalue weighted by Crippen LogP contribution is -2.47. The van der Waals surface area contributed by atoms with Crippen LogP contribution in [-0.4, -0.2) is 67.8 Å². The number of carbonyl (C=O) groups excluding carboxylic acids is 3. The van der Waals surface area contributed by atoms with Crippen LogP contribution in [0, 0.1) is 0 Å². The molecule has 1 saturated heterocycles. The lowest BCUT2D eigenvalue weighted by Gasteiger charge is -2.33. The molecular formula is C27H22BrClN6O3. The van der Waals surface area contributed by atoms with E-state index < -0.39 is 11.8 Å². The van der Waals surface area contributed by atoms with Gasteiger partial charge in [0, 0.05) is 35.8 Å². The summed E-state index contributed by atoms with van der Waals surface area (Å²) in [5.41, 5.74) is 2.90. The largest absolute Gasteiger partial charge is 0.367 e. The van der Waals surface area contributed by atoms with Crippen LogP contribution in [0.2, 0.25) is 5.02 Å². The maximum Gasteiger partial charge on any atom is 0.262 e. The zero-order chi connectivity index (χ0) is 26.4. The third-order valence-electron chi connectivity index (χ3n) is 6.95. The van der Waals surface area contributed by atoms with E-state index in [1.54, 1.807) is 39.9 Å². The molecule has 1 fully saturated rings. The molecule has 0 unspecified atom stereocenters. The van der Waals surface area contributed by atoms with E-state index in [4.69, 9.17) is 16.6 Å². The molecule has 4 heterocycles. The summed E-state index contributed by atoms with van der Waals surface area (Å²) in [6, 6.07) is 16.2. The van der Waals surface area contributed by atoms with E-state index in [9.17, 15) is 14.4 Å². The number of nitrogens with zero attached hydrogens (tertiary/aromatic N) is 5. The van der Waals surface area contributed by atoms with Crippen molar-refractivity contribution in [3.05, 3.63) is 81.4 Å². The van der Waals surface area contributed by atoms with Gasteiger partial charge in [-0.15, -0.1) is 0 Å². The summed E-state index contributed by atoms with van der Waals surface area (Å²) in [7, 11) is 0. The number of nitrogens with one attached hydrogen (secondary N) is 1. The Morgan fingerprint density at radius 2 is 1.63 bits per heavy atom. The standard InChI is InChI=1S/C27H22BrClN6O3/c28-20-14-30-35-23(13-22(32-25(20)35)19-7-3-4-8-21(19)29)31-16-9-11-33(12-10-16)24(36)15-34-26(37)17-5-1-2-6-18(17)27(34)38/h1-8,13-14,16,31H,9-12,15H2. The zero-order valence-corrected chi connectivity index (χ0v) is 22.4. The first-order valence-electron chi connectivity index (χ1n) is 12.2. The van der Waals surface area contributed by atoms with Crippen molar-refractivity contribution < 1.29 is 14.4 Å². The fourth-order valence-corrected chi connectivity index (χ4v) is 5.53. The Kier molecular flexibility index (Phi) is 6.37. The average molecular weight is 594 g/mol. The Hall–Kier alpha value is -3.76. The summed E-state index contributed by atoms with van der Waals surface area (Å²) < 4.78 is 2.51. The predicted molar refractivity (Wildman–Crippen MR) is 146 cm³/mol. The van der Waals surface area contributed by atoms with Crippen LogP contribution in [0.15, 0.2) is 65.3 Å². The van der Waals surface area contributed by atoms with E-state index in [2.05, 4.69) is 26.3 Å². The summed E-state index contributed by atoms with van der Waals surface area (Å²) in [6.07, 6.45) is 3.09. The summed E-state index contributed by atoms with van der Waals surface area (Å²) in [5, 5.41) is 8.62. The quantitative estimate of drug-likeness (QED) is 0.342. The number of aromatic nitrogens is 3. The molecule has 38 heavy (non-hydrogen) atoms. The maximum atomic E-state index is 13.0. The van der Waals surface area contributed by atoms with Gasteiger partial charge < -0.3 is 10.2 Å². The topological polar surface area (TPSA) is 99.9 Å². The molecule has 6 rings (SSSR count). The first-order chi connectivity index (χ1) is 18.4. The first-order valence-corrected chi connectivity index (χ1v) is 13.4. The number of halogens is 2. The molecule has 0 spiro atoms. The highest BCUT2D eigenvalue weighted by molar-refractivity contribution is 9.10. The van der Waals surface area contributed by atoms with E-state index in [1.807, 2.05) is 30.3 Å². The fourth-order valence-electron chi connectivity index (χ4n) is 4.95. The van der Waals surface area contributed by atoms with Crippen LogP contribution < -0.4 is 5.32 Å². The summed E-state index contributed by atoms with van der Waals surface area (Å²) in [4.78, 5) is 45.8. The molecule has 0 atom stereocenters. The lowest BCUT2D eigenvalue weighted by molar-refractivity contribution is -0.132. The number of rotatable bonds is 5. The third-order valence-corrected chi connectivity index (χ3v) is 7.84. The molecule has 2 aliphatic rings. The highest BCUT2D eigenvalue weighted by atomic mass is 79.9. The predicted octanol–water partition coefficient (Wildman–Crippen LogP) is 4.51. The number of hydrogen-bond donors (Lipinski definition) is 1. The normalized spacial score (nSPS) is 15.8. The van der Waals surface area contributed by atoms with E-state index in [1.165, 1.54) is 0 Å². The number of hydrogen-bond acceptors (Lipinski definition) is 6. The number of fused-ring (bicyclic) bond motifs is 2. The lowest BCUT2D eigenvalue weighted by atomic mass is 10.0. The van der Waals surface area contributed by atoms with E-state index >= 15 is 0 Å². The number of benzene rings is 2. The first kappa shape index (κ1) is 24.6. The molecule has 0 saturated carbocycles. The molecule has 0 radical (unpaired) electrons. The van der Waals surface area contributed by atoms with Gasteiger partial charge >= 0.3 is 0 Å². The third kappa shape index (κ3) is 4.33. The van der Waals surface area contributed by atoms with Crippen LogP contribution >= 0.6 is 27.5 Å². The number of piperidine rings is 1. The van der Waals surface area contributed by atoms with Crippen LogP contribution in [0.5, 0.6) is 0 Å². The molecule has 192 valence electrons. The average Bonchev–Trinajstić information content (AvgIpc) is 3.42. The number of imide groups is 1. The van der Waals surface area contributed by atoms with E-state index in [-0.39, 0.29) is 18.5 Å². The van der Waals surface area contributed by atoms with Crippen molar-refractivity contribution in [1.29, 1.82) is 0 Å². The van der Waals surface area contributed by atoms with Gasteiger partial charge in [0.25, 0.3) is 11.8 Å². The van der Waals surface area contributed by atoms with Crippen molar-refractivity contribution in [2.75, 3.05) is 25.0 Å². The van der Waals surface area contributed by atoms with Gasteiger partial charge in [-0.2, -0.15) is 9.61 Å². The molecular weight excluding hydrogens is 572 g/mol. The van der Waals surface area contributed by atoms with Crippen LogP contribution in [0.4, 0.5) is 5.82 Å². The van der Waals surface area contributed by atoms with Gasteiger partial charge in [0.05, 0.1) is 27.5 Å². The highest BCUT2D eigenvalue weighted by Crippen LogP contribution is 2.31. The Balaban J connectivity index is 1.14. The Bertz CT molecular complexity index is 1560. The Morgan fingerprint density at radius 1 is 1.00 bits per heavy atom. The van der Waals surface area contributed by atoms with Crippen LogP contribution in [0.3, 0.4) is 0 Å². The summed E-state index contributed by atoms with van der Waals surface area (Å²) in [5.74, 6) is -0.304. The second-order valence-electron chi connectivity index (χ2n) is 9.28. The molecule has 2 aromatic heterocycles. The van der Waals surface area contributed by atoms with Gasteiger partial charge in [-0.05, 0) is 47.0 Å². The van der Waals surface area contributed by atoms with Crippen molar-refractivity contribution in [3.8, 4) is 11.3 Å². The van der Waals surface area contributed by atoms with Gasteiger partial charge in [0.15, 0.2) is 5.65 Å². The second-order valence-corrected chi connectivity index (χ2v) is 10.5. The van der Waals surface area contributed by atoms with Crippen molar-refractivity contribution in [2.45, 2.75) is 18.9 Å². The van der Waals surface area contributed by atoms with Crippen molar-refractivity contribution in [3.63, 3.8) is 0 Å². The van der Waals surface area contributed by atoms with Crippen molar-refractivity contribution in [1.82, 2.24) is 24.4 Å². The number of likely N-dealkylation sites (tertiary alicyclic amines) is 1. The Labute approximate surface area is 231 Å². The number of anilines is 1. The van der Waals surface area contributed by atoms with Crippen LogP contribution in [0.1, 0.15) is 33.6 Å². The molecule has 2 aromatic carbocycles. The number of carbonyl (C=O) groups is 3. The second kappa shape index (κ2) is 9.85. The van der Waals surface area contributed by atoms with Gasteiger partial charge in [-0.3, -0.25) is 19.3 Å². The molecule has 3 amide bonds. The summed E-state index contributed by atoms with van der Waals surface area (Å²) in [6.45, 7) is 0.764. The molecule has 11 heteroatoms. The smallest absolute Gasteiger partial charge is 0.262 e. The van der Waals surface area contributed by atoms with Crippen molar-refractivity contribution >= 4 is 56.7 Å². The van der Waals surface area contributed by atoms with Gasteiger partial charge in [0.1, 0.15) is 12.4 Å². The number of amides is 3. The van der Waals surface area contributed by atoms with E-state index in [0.717, 1.165) is 26.4 Å². The Morgan fingerprint density at radius 3 is 2.29 bits per heavy atom. The molecule has 9 nitrogen and oxygen atoms in total. The van der Waals surface area contributed by atoms with E-state index in [0.29, 0.717) is 47.7 Å². The van der Waals surface area contributed by atoms with Crippen LogP contribution in [0.25, 0.3) is 16.9 Å². The van der Waals surface area contributed by atoms with Crippen LogP contribution in [-0.2, 0) is 4.79 Å². The highest BCUT2D eigenvalue weighted by Gasteiger charge is 2.37. The SMILES string of the molecule is O=C(CN1C(=O)c2ccccc2C1=O)N1CCC(Nc2cc(-c3ccccc3Cl)nc3c(Br)cnn23)CC1. The zero-order valence-electron chi connectivity index (χ0n) is 20.1. The molecule has 0 aliphatic carbocycles. The molecule has 0 bridgehead atoms. The molecule has 1 N–H and O–H groups in total. The fraction of sp³-hybridized carbons (Fsp3) is 0.222.